The quantitative estimate of drug-likeness (QED) is 0.122. The molecule has 1 aliphatic rings. The summed E-state index contributed by atoms with van der Waals surface area (Å²) in [5.74, 6) is 0.214. The molecule has 0 N–H and O–H groups in total. The highest BCUT2D eigenvalue weighted by molar-refractivity contribution is 6.30. The topological polar surface area (TPSA) is 97.5 Å². The summed E-state index contributed by atoms with van der Waals surface area (Å²) in [6, 6.07) is 33.7. The van der Waals surface area contributed by atoms with Crippen molar-refractivity contribution in [2.24, 2.45) is 0 Å². The van der Waals surface area contributed by atoms with Crippen LogP contribution in [-0.4, -0.2) is 33.6 Å². The third-order valence-corrected chi connectivity index (χ3v) is 8.09. The molecule has 6 rings (SSSR count). The van der Waals surface area contributed by atoms with Gasteiger partial charge in [-0.25, -0.2) is 4.68 Å². The minimum Gasteiger partial charge on any atom is -0.497 e. The molecule has 2 amide bonds. The van der Waals surface area contributed by atoms with Crippen LogP contribution in [0.5, 0.6) is 11.5 Å². The van der Waals surface area contributed by atoms with Crippen molar-refractivity contribution in [2.45, 2.75) is 20.1 Å². The fraction of sp³-hybridized carbons (Fsp3) is 0.105. The van der Waals surface area contributed by atoms with Crippen LogP contribution in [-0.2, 0) is 22.7 Å². The highest BCUT2D eigenvalue weighted by Gasteiger charge is 2.35. The predicted octanol–water partition coefficient (Wildman–Crippen LogP) is 7.57. The predicted molar refractivity (Wildman–Crippen MR) is 180 cm³/mol. The summed E-state index contributed by atoms with van der Waals surface area (Å²) < 4.78 is 12.9. The Balaban J connectivity index is 1.36. The number of hydrogen-bond donors (Lipinski definition) is 0. The van der Waals surface area contributed by atoms with Gasteiger partial charge in [-0.3, -0.25) is 14.5 Å². The molecule has 0 unspecified atom stereocenters. The summed E-state index contributed by atoms with van der Waals surface area (Å²) in [7, 11) is 1.57. The molecule has 5 aromatic rings. The van der Waals surface area contributed by atoms with Gasteiger partial charge in [0.05, 0.1) is 25.0 Å². The Labute approximate surface area is 277 Å². The lowest BCUT2D eigenvalue weighted by atomic mass is 9.93. The van der Waals surface area contributed by atoms with E-state index in [1.54, 1.807) is 49.1 Å². The largest absolute Gasteiger partial charge is 0.497 e. The Kier molecular flexibility index (Phi) is 9.00. The van der Waals surface area contributed by atoms with Crippen LogP contribution in [0.4, 0.5) is 0 Å². The van der Waals surface area contributed by atoms with Gasteiger partial charge in [0.15, 0.2) is 0 Å². The van der Waals surface area contributed by atoms with Crippen molar-refractivity contribution in [1.82, 2.24) is 14.7 Å². The van der Waals surface area contributed by atoms with Gasteiger partial charge in [0.1, 0.15) is 29.7 Å². The van der Waals surface area contributed by atoms with Crippen LogP contribution < -0.4 is 9.47 Å². The van der Waals surface area contributed by atoms with Crippen LogP contribution in [0, 0.1) is 11.3 Å². The molecule has 2 heterocycles. The smallest absolute Gasteiger partial charge is 0.271 e. The highest BCUT2D eigenvalue weighted by atomic mass is 35.5. The van der Waals surface area contributed by atoms with Crippen molar-refractivity contribution in [3.05, 3.63) is 148 Å². The third kappa shape index (κ3) is 6.71. The Morgan fingerprint density at radius 3 is 2.17 bits per heavy atom. The number of halogens is 1. The van der Waals surface area contributed by atoms with E-state index >= 15 is 0 Å². The molecular formula is C38H29ClN4O4. The summed E-state index contributed by atoms with van der Waals surface area (Å²) >= 11 is 6.00. The van der Waals surface area contributed by atoms with Gasteiger partial charge in [0, 0.05) is 27.9 Å². The lowest BCUT2D eigenvalue weighted by Gasteiger charge is -2.27. The number of rotatable bonds is 9. The van der Waals surface area contributed by atoms with Crippen molar-refractivity contribution < 1.29 is 19.1 Å². The second-order valence-corrected chi connectivity index (χ2v) is 11.3. The Hall–Kier alpha value is -5.91. The van der Waals surface area contributed by atoms with E-state index in [0.29, 0.717) is 40.0 Å². The summed E-state index contributed by atoms with van der Waals surface area (Å²) in [5, 5.41) is 15.5. The van der Waals surface area contributed by atoms with Crippen LogP contribution >= 0.6 is 11.6 Å². The van der Waals surface area contributed by atoms with Crippen LogP contribution in [0.15, 0.2) is 126 Å². The zero-order chi connectivity index (χ0) is 32.9. The zero-order valence-corrected chi connectivity index (χ0v) is 26.4. The number of methoxy groups -OCH3 is 1. The number of ether oxygens (including phenoxy) is 2. The molecule has 0 saturated heterocycles. The average molecular weight is 641 g/mol. The summed E-state index contributed by atoms with van der Waals surface area (Å²) in [5.41, 5.74) is 5.07. The van der Waals surface area contributed by atoms with Gasteiger partial charge < -0.3 is 9.47 Å². The number of nitriles is 1. The summed E-state index contributed by atoms with van der Waals surface area (Å²) in [6.45, 7) is 2.02. The van der Waals surface area contributed by atoms with E-state index in [1.807, 2.05) is 91.1 Å². The fourth-order valence-electron chi connectivity index (χ4n) is 5.23. The van der Waals surface area contributed by atoms with Crippen LogP contribution in [0.1, 0.15) is 23.6 Å². The van der Waals surface area contributed by atoms with Gasteiger partial charge in [0.25, 0.3) is 11.8 Å². The van der Waals surface area contributed by atoms with E-state index in [0.717, 1.165) is 27.3 Å². The minimum absolute atomic E-state index is 0.00504. The van der Waals surface area contributed by atoms with E-state index in [-0.39, 0.29) is 17.7 Å². The molecule has 1 aromatic heterocycles. The van der Waals surface area contributed by atoms with Gasteiger partial charge in [0.2, 0.25) is 0 Å². The maximum atomic E-state index is 13.9. The van der Waals surface area contributed by atoms with Crippen LogP contribution in [0.25, 0.3) is 23.0 Å². The average Bonchev–Trinajstić information content (AvgIpc) is 3.53. The Morgan fingerprint density at radius 1 is 0.851 bits per heavy atom. The van der Waals surface area contributed by atoms with E-state index < -0.39 is 11.8 Å². The second kappa shape index (κ2) is 13.6. The van der Waals surface area contributed by atoms with Gasteiger partial charge >= 0.3 is 0 Å². The normalized spacial score (nSPS) is 14.0. The second-order valence-electron chi connectivity index (χ2n) is 10.9. The zero-order valence-electron chi connectivity index (χ0n) is 25.7. The molecule has 0 saturated carbocycles. The Morgan fingerprint density at radius 2 is 1.51 bits per heavy atom. The molecule has 47 heavy (non-hydrogen) atoms. The first-order valence-electron chi connectivity index (χ1n) is 14.8. The van der Waals surface area contributed by atoms with Crippen LogP contribution in [0.3, 0.4) is 0 Å². The summed E-state index contributed by atoms with van der Waals surface area (Å²) in [6.07, 6.45) is 3.54. The number of amides is 2. The monoisotopic (exact) mass is 640 g/mol. The number of carbonyl (C=O) groups is 2. The van der Waals surface area contributed by atoms with Gasteiger partial charge in [-0.05, 0) is 90.4 Å². The number of carbonyl (C=O) groups excluding carboxylic acids is 2. The van der Waals surface area contributed by atoms with Crippen molar-refractivity contribution in [3.63, 3.8) is 0 Å². The molecule has 9 heteroatoms. The Bertz CT molecular complexity index is 2040. The van der Waals surface area contributed by atoms with Crippen molar-refractivity contribution >= 4 is 29.5 Å². The maximum Gasteiger partial charge on any atom is 0.271 e. The number of imide groups is 1. The lowest BCUT2D eigenvalue weighted by Crippen LogP contribution is -2.42. The number of nitrogens with zero attached hydrogens (tertiary/aromatic N) is 4. The molecule has 1 aliphatic heterocycles. The van der Waals surface area contributed by atoms with E-state index in [4.69, 9.17) is 26.2 Å². The number of benzene rings is 4. The third-order valence-electron chi connectivity index (χ3n) is 7.83. The first-order chi connectivity index (χ1) is 22.8. The molecule has 0 fully saturated rings. The SMILES string of the molecule is COc1ccc(CN2C(=O)C(C#N)=C(C)/C(=C\c3cn(-c4ccccc4)nc3-c3ccc(OCc4ccc(Cl)cc4)cc3)C2=O)cc1. The number of hydrogen-bond acceptors (Lipinski definition) is 6. The summed E-state index contributed by atoms with van der Waals surface area (Å²) in [4.78, 5) is 28.3. The molecule has 0 bridgehead atoms. The maximum absolute atomic E-state index is 13.9. The molecule has 0 spiro atoms. The van der Waals surface area contributed by atoms with Crippen molar-refractivity contribution in [1.29, 1.82) is 5.26 Å². The lowest BCUT2D eigenvalue weighted by molar-refractivity contribution is -0.141. The van der Waals surface area contributed by atoms with E-state index in [9.17, 15) is 14.9 Å². The number of para-hydroxylation sites is 1. The first-order valence-corrected chi connectivity index (χ1v) is 15.2. The van der Waals surface area contributed by atoms with Crippen LogP contribution in [0.2, 0.25) is 5.02 Å². The number of aromatic nitrogens is 2. The molecule has 8 nitrogen and oxygen atoms in total. The van der Waals surface area contributed by atoms with Crippen molar-refractivity contribution in [3.8, 4) is 34.5 Å². The standard InChI is InChI=1S/C38H29ClN4O4/c1-25-34(37(44)42(38(45)35(25)21-40)22-26-10-16-32(46-2)17-11-26)20-29-23-43(31-6-4-3-5-7-31)41-36(29)28-12-18-33(19-13-28)47-24-27-8-14-30(39)15-9-27/h3-20,23H,22,24H2,1-2H3/b34-20+. The molecule has 0 radical (unpaired) electrons. The van der Waals surface area contributed by atoms with Gasteiger partial charge in [-0.15, -0.1) is 0 Å². The minimum atomic E-state index is -0.627. The van der Waals surface area contributed by atoms with Gasteiger partial charge in [-0.2, -0.15) is 10.4 Å². The fourth-order valence-corrected chi connectivity index (χ4v) is 5.35. The molecule has 0 aliphatic carbocycles. The van der Waals surface area contributed by atoms with E-state index in [2.05, 4.69) is 0 Å². The van der Waals surface area contributed by atoms with E-state index in [1.165, 1.54) is 0 Å². The van der Waals surface area contributed by atoms with Gasteiger partial charge in [-0.1, -0.05) is 54.1 Å². The molecule has 0 atom stereocenters. The molecule has 4 aromatic carbocycles. The molecule has 232 valence electrons. The first kappa shape index (κ1) is 31.1. The highest BCUT2D eigenvalue weighted by Crippen LogP contribution is 2.32. The van der Waals surface area contributed by atoms with Crippen molar-refractivity contribution in [2.75, 3.05) is 7.11 Å². The molecular weight excluding hydrogens is 612 g/mol.